The largest absolute Gasteiger partial charge is 0.490 e. The van der Waals surface area contributed by atoms with E-state index in [1.165, 1.54) is 30.4 Å². The normalized spacial score (nSPS) is 16.3. The lowest BCUT2D eigenvalue weighted by atomic mass is 9.88. The molecule has 2 aromatic rings. The van der Waals surface area contributed by atoms with Gasteiger partial charge in [0, 0.05) is 25.1 Å². The van der Waals surface area contributed by atoms with Gasteiger partial charge in [-0.15, -0.1) is 0 Å². The first-order valence-electron chi connectivity index (χ1n) is 13.3. The second-order valence-corrected chi connectivity index (χ2v) is 11.0. The molecule has 1 aliphatic carbocycles. The van der Waals surface area contributed by atoms with Crippen molar-refractivity contribution in [1.29, 1.82) is 0 Å². The van der Waals surface area contributed by atoms with Gasteiger partial charge < -0.3 is 14.4 Å². The molecule has 2 aromatic carbocycles. The minimum atomic E-state index is -0.452. The number of carbonyl (C=O) groups is 2. The predicted octanol–water partition coefficient (Wildman–Crippen LogP) is 6.47. The number of hydrogen-bond acceptors (Lipinski definition) is 4. The standard InChI is InChI=1S/C31H39NO4/c1-31(2,3)36-29(33)14-13-24-9-5-10-26(21-24)25-15-18-32(19-16-25)30(34)27-11-6-12-28(22-27)35-20-17-23-7-4-8-23/h5-6,9-12,17,21-22,25H,4,7-8,13-16,18-20H2,1-3H3. The monoisotopic (exact) mass is 489 g/mol. The van der Waals surface area contributed by atoms with Crippen molar-refractivity contribution in [1.82, 2.24) is 4.90 Å². The van der Waals surface area contributed by atoms with Crippen LogP contribution in [0.1, 0.15) is 86.7 Å². The van der Waals surface area contributed by atoms with E-state index in [2.05, 4.69) is 30.3 Å². The van der Waals surface area contributed by atoms with Gasteiger partial charge in [0.25, 0.3) is 5.91 Å². The lowest BCUT2D eigenvalue weighted by Gasteiger charge is -2.32. The highest BCUT2D eigenvalue weighted by molar-refractivity contribution is 5.94. The number of aryl methyl sites for hydroxylation is 1. The Morgan fingerprint density at radius 3 is 2.47 bits per heavy atom. The highest BCUT2D eigenvalue weighted by atomic mass is 16.6. The number of allylic oxidation sites excluding steroid dienone is 1. The molecule has 0 radical (unpaired) electrons. The van der Waals surface area contributed by atoms with Crippen LogP contribution in [0.15, 0.2) is 60.2 Å². The van der Waals surface area contributed by atoms with Crippen molar-refractivity contribution in [3.05, 3.63) is 76.9 Å². The van der Waals surface area contributed by atoms with Crippen LogP contribution in [0.25, 0.3) is 0 Å². The fraction of sp³-hybridized carbons (Fsp3) is 0.484. The molecule has 1 amide bonds. The van der Waals surface area contributed by atoms with Crippen molar-refractivity contribution >= 4 is 11.9 Å². The first kappa shape index (κ1) is 26.0. The smallest absolute Gasteiger partial charge is 0.306 e. The zero-order valence-electron chi connectivity index (χ0n) is 21.9. The maximum atomic E-state index is 13.1. The topological polar surface area (TPSA) is 55.8 Å². The molecule has 2 aliphatic rings. The third-order valence-corrected chi connectivity index (χ3v) is 6.94. The molecule has 1 heterocycles. The molecule has 5 nitrogen and oxygen atoms in total. The highest BCUT2D eigenvalue weighted by Crippen LogP contribution is 2.30. The maximum absolute atomic E-state index is 13.1. The summed E-state index contributed by atoms with van der Waals surface area (Å²) in [4.78, 5) is 27.2. The first-order chi connectivity index (χ1) is 17.3. The summed E-state index contributed by atoms with van der Waals surface area (Å²) in [6.07, 6.45) is 8.75. The lowest BCUT2D eigenvalue weighted by Crippen LogP contribution is -2.37. The molecule has 0 unspecified atom stereocenters. The Morgan fingerprint density at radius 1 is 1.03 bits per heavy atom. The van der Waals surface area contributed by atoms with Crippen molar-refractivity contribution in [2.45, 2.75) is 77.2 Å². The van der Waals surface area contributed by atoms with E-state index in [1.54, 1.807) is 0 Å². The molecule has 0 bridgehead atoms. The van der Waals surface area contributed by atoms with E-state index >= 15 is 0 Å². The highest BCUT2D eigenvalue weighted by Gasteiger charge is 2.25. The van der Waals surface area contributed by atoms with Gasteiger partial charge in [-0.1, -0.05) is 35.9 Å². The number of nitrogens with zero attached hydrogens (tertiary/aromatic N) is 1. The second kappa shape index (κ2) is 11.8. The zero-order valence-corrected chi connectivity index (χ0v) is 21.9. The van der Waals surface area contributed by atoms with Gasteiger partial charge in [-0.25, -0.2) is 0 Å². The maximum Gasteiger partial charge on any atom is 0.306 e. The molecule has 5 heteroatoms. The van der Waals surface area contributed by atoms with Gasteiger partial charge in [-0.05, 0) is 101 Å². The van der Waals surface area contributed by atoms with Gasteiger partial charge in [-0.2, -0.15) is 0 Å². The predicted molar refractivity (Wildman–Crippen MR) is 142 cm³/mol. The fourth-order valence-electron chi connectivity index (χ4n) is 4.80. The molecule has 1 aliphatic heterocycles. The Kier molecular flexibility index (Phi) is 8.50. The minimum absolute atomic E-state index is 0.0716. The van der Waals surface area contributed by atoms with E-state index in [0.29, 0.717) is 30.9 Å². The van der Waals surface area contributed by atoms with Crippen molar-refractivity contribution < 1.29 is 19.1 Å². The first-order valence-corrected chi connectivity index (χ1v) is 13.3. The van der Waals surface area contributed by atoms with Crippen molar-refractivity contribution in [3.63, 3.8) is 0 Å². The van der Waals surface area contributed by atoms with Crippen LogP contribution in [0.2, 0.25) is 0 Å². The fourth-order valence-corrected chi connectivity index (χ4v) is 4.80. The third-order valence-electron chi connectivity index (χ3n) is 6.94. The summed E-state index contributed by atoms with van der Waals surface area (Å²) in [5, 5.41) is 0. The number of ether oxygens (including phenoxy) is 2. The van der Waals surface area contributed by atoms with Gasteiger partial charge in [0.1, 0.15) is 18.0 Å². The zero-order chi connectivity index (χ0) is 25.5. The Morgan fingerprint density at radius 2 is 1.78 bits per heavy atom. The molecular weight excluding hydrogens is 450 g/mol. The van der Waals surface area contributed by atoms with Gasteiger partial charge in [0.2, 0.25) is 0 Å². The van der Waals surface area contributed by atoms with Gasteiger partial charge >= 0.3 is 5.97 Å². The quantitative estimate of drug-likeness (QED) is 0.315. The average molecular weight is 490 g/mol. The number of piperidine rings is 1. The van der Waals surface area contributed by atoms with Gasteiger partial charge in [0.15, 0.2) is 0 Å². The van der Waals surface area contributed by atoms with E-state index < -0.39 is 5.60 Å². The number of hydrogen-bond donors (Lipinski definition) is 0. The van der Waals surface area contributed by atoms with Crippen molar-refractivity contribution in [2.75, 3.05) is 19.7 Å². The van der Waals surface area contributed by atoms with E-state index in [9.17, 15) is 9.59 Å². The molecule has 4 rings (SSSR count). The van der Waals surface area contributed by atoms with Crippen molar-refractivity contribution in [3.8, 4) is 5.75 Å². The van der Waals surface area contributed by atoms with Crippen LogP contribution in [-0.4, -0.2) is 42.1 Å². The number of likely N-dealkylation sites (tertiary alicyclic amines) is 1. The molecule has 0 atom stereocenters. The van der Waals surface area contributed by atoms with E-state index in [0.717, 1.165) is 37.2 Å². The Bertz CT molecular complexity index is 1080. The van der Waals surface area contributed by atoms with Crippen LogP contribution >= 0.6 is 0 Å². The van der Waals surface area contributed by atoms with E-state index in [4.69, 9.17) is 9.47 Å². The van der Waals surface area contributed by atoms with Crippen molar-refractivity contribution in [2.24, 2.45) is 0 Å². The minimum Gasteiger partial charge on any atom is -0.490 e. The Balaban J connectivity index is 1.28. The lowest BCUT2D eigenvalue weighted by molar-refractivity contribution is -0.154. The molecule has 1 saturated carbocycles. The Hall–Kier alpha value is -3.08. The van der Waals surface area contributed by atoms with Crippen LogP contribution < -0.4 is 4.74 Å². The summed E-state index contributed by atoms with van der Waals surface area (Å²) in [5.74, 6) is 1.08. The number of esters is 1. The summed E-state index contributed by atoms with van der Waals surface area (Å²) < 4.78 is 11.3. The molecule has 2 fully saturated rings. The Labute approximate surface area is 215 Å². The molecular formula is C31H39NO4. The summed E-state index contributed by atoms with van der Waals surface area (Å²) in [7, 11) is 0. The van der Waals surface area contributed by atoms with Crippen LogP contribution in [0.3, 0.4) is 0 Å². The van der Waals surface area contributed by atoms with E-state index in [1.807, 2.05) is 49.9 Å². The number of amides is 1. The number of carbonyl (C=O) groups excluding carboxylic acids is 2. The SMILES string of the molecule is CC(C)(C)OC(=O)CCc1cccc(C2CCN(C(=O)c3cccc(OCC=C4CCC4)c3)CC2)c1. The molecule has 1 saturated heterocycles. The summed E-state index contributed by atoms with van der Waals surface area (Å²) in [5.41, 5.74) is 4.15. The average Bonchev–Trinajstić information content (AvgIpc) is 2.83. The second-order valence-electron chi connectivity index (χ2n) is 11.0. The molecule has 0 spiro atoms. The van der Waals surface area contributed by atoms with E-state index in [-0.39, 0.29) is 11.9 Å². The van der Waals surface area contributed by atoms with Crippen LogP contribution in [0.5, 0.6) is 5.75 Å². The molecule has 36 heavy (non-hydrogen) atoms. The number of rotatable bonds is 8. The molecule has 0 aromatic heterocycles. The number of benzene rings is 2. The summed E-state index contributed by atoms with van der Waals surface area (Å²) >= 11 is 0. The summed E-state index contributed by atoms with van der Waals surface area (Å²) in [6, 6.07) is 16.1. The van der Waals surface area contributed by atoms with Crippen LogP contribution in [0, 0.1) is 0 Å². The molecule has 0 N–H and O–H groups in total. The van der Waals surface area contributed by atoms with Gasteiger partial charge in [-0.3, -0.25) is 9.59 Å². The van der Waals surface area contributed by atoms with Crippen LogP contribution in [-0.2, 0) is 16.0 Å². The third kappa shape index (κ3) is 7.46. The van der Waals surface area contributed by atoms with Gasteiger partial charge in [0.05, 0.1) is 0 Å². The summed E-state index contributed by atoms with van der Waals surface area (Å²) in [6.45, 7) is 7.72. The molecule has 192 valence electrons. The van der Waals surface area contributed by atoms with Crippen LogP contribution in [0.4, 0.5) is 0 Å².